The van der Waals surface area contributed by atoms with Gasteiger partial charge in [0.05, 0.1) is 0 Å². The molecule has 0 saturated carbocycles. The Labute approximate surface area is 115 Å². The van der Waals surface area contributed by atoms with E-state index in [2.05, 4.69) is 24.7 Å². The summed E-state index contributed by atoms with van der Waals surface area (Å²) in [4.78, 5) is 0. The van der Waals surface area contributed by atoms with Gasteiger partial charge >= 0.3 is 0 Å². The first-order chi connectivity index (χ1) is 9.11. The molecule has 0 fully saturated rings. The lowest BCUT2D eigenvalue weighted by Gasteiger charge is -2.16. The normalized spacial score (nSPS) is 12.9. The Kier molecular flexibility index (Phi) is 7.63. The molecule has 4 heteroatoms. The number of ether oxygens (including phenoxy) is 1. The summed E-state index contributed by atoms with van der Waals surface area (Å²) in [6, 6.07) is 6.76. The van der Waals surface area contributed by atoms with E-state index in [1.165, 1.54) is 6.07 Å². The van der Waals surface area contributed by atoms with Crippen molar-refractivity contribution in [1.29, 1.82) is 0 Å². The highest BCUT2D eigenvalue weighted by Crippen LogP contribution is 2.14. The molecular weight excluding hydrogens is 243 g/mol. The van der Waals surface area contributed by atoms with Gasteiger partial charge in [-0.25, -0.2) is 4.39 Å². The van der Waals surface area contributed by atoms with Crippen LogP contribution in [0.25, 0.3) is 0 Å². The van der Waals surface area contributed by atoms with Gasteiger partial charge in [-0.05, 0) is 25.3 Å². The maximum Gasteiger partial charge on any atom is 0.128 e. The van der Waals surface area contributed by atoms with E-state index in [4.69, 9.17) is 4.74 Å². The van der Waals surface area contributed by atoms with E-state index in [1.807, 2.05) is 13.0 Å². The van der Waals surface area contributed by atoms with E-state index >= 15 is 0 Å². The summed E-state index contributed by atoms with van der Waals surface area (Å²) in [5, 5.41) is 0. The van der Waals surface area contributed by atoms with Crippen LogP contribution in [-0.4, -0.2) is 19.8 Å². The quantitative estimate of drug-likeness (QED) is 0.533. The van der Waals surface area contributed by atoms with Crippen LogP contribution >= 0.6 is 0 Å². The molecule has 1 rings (SSSR count). The van der Waals surface area contributed by atoms with Gasteiger partial charge in [-0.3, -0.25) is 10.9 Å². The molecular formula is C15H25FN2O. The molecule has 1 unspecified atom stereocenters. The molecule has 1 atom stereocenters. The lowest BCUT2D eigenvalue weighted by molar-refractivity contribution is 0.107. The Bertz CT molecular complexity index is 358. The van der Waals surface area contributed by atoms with E-state index in [0.717, 1.165) is 26.2 Å². The maximum absolute atomic E-state index is 13.5. The molecule has 0 spiro atoms. The van der Waals surface area contributed by atoms with Gasteiger partial charge in [-0.1, -0.05) is 32.0 Å². The second-order valence-corrected chi connectivity index (χ2v) is 5.14. The number of nitrogens with one attached hydrogen (secondary N) is 2. The third-order valence-electron chi connectivity index (χ3n) is 2.73. The summed E-state index contributed by atoms with van der Waals surface area (Å²) in [7, 11) is 0. The third kappa shape index (κ3) is 6.66. The Morgan fingerprint density at radius 3 is 2.63 bits per heavy atom. The highest BCUT2D eigenvalue weighted by atomic mass is 19.1. The molecule has 19 heavy (non-hydrogen) atoms. The summed E-state index contributed by atoms with van der Waals surface area (Å²) >= 11 is 0. The minimum Gasteiger partial charge on any atom is -0.381 e. The first-order valence-corrected chi connectivity index (χ1v) is 6.91. The van der Waals surface area contributed by atoms with Crippen LogP contribution in [0.3, 0.4) is 0 Å². The molecule has 1 aromatic rings. The van der Waals surface area contributed by atoms with E-state index in [-0.39, 0.29) is 11.9 Å². The van der Waals surface area contributed by atoms with Crippen molar-refractivity contribution in [1.82, 2.24) is 10.9 Å². The first-order valence-electron chi connectivity index (χ1n) is 6.91. The summed E-state index contributed by atoms with van der Waals surface area (Å²) < 4.78 is 19.0. The van der Waals surface area contributed by atoms with Gasteiger partial charge < -0.3 is 4.74 Å². The molecule has 0 radical (unpaired) electrons. The maximum atomic E-state index is 13.5. The first kappa shape index (κ1) is 16.1. The topological polar surface area (TPSA) is 33.3 Å². The van der Waals surface area contributed by atoms with Crippen LogP contribution in [-0.2, 0) is 4.74 Å². The van der Waals surface area contributed by atoms with Crippen LogP contribution in [0.2, 0.25) is 0 Å². The molecule has 0 aromatic heterocycles. The molecule has 0 heterocycles. The molecule has 2 N–H and O–H groups in total. The highest BCUT2D eigenvalue weighted by Gasteiger charge is 2.08. The Morgan fingerprint density at radius 1 is 1.21 bits per heavy atom. The molecule has 1 aromatic carbocycles. The van der Waals surface area contributed by atoms with Crippen molar-refractivity contribution in [2.24, 2.45) is 5.92 Å². The average molecular weight is 268 g/mol. The smallest absolute Gasteiger partial charge is 0.128 e. The number of benzene rings is 1. The van der Waals surface area contributed by atoms with Gasteiger partial charge in [0.1, 0.15) is 5.82 Å². The minimum absolute atomic E-state index is 0.0576. The van der Waals surface area contributed by atoms with Crippen molar-refractivity contribution >= 4 is 0 Å². The van der Waals surface area contributed by atoms with Crippen molar-refractivity contribution in [3.63, 3.8) is 0 Å². The van der Waals surface area contributed by atoms with Crippen molar-refractivity contribution in [3.8, 4) is 0 Å². The van der Waals surface area contributed by atoms with E-state index < -0.39 is 0 Å². The van der Waals surface area contributed by atoms with Crippen LogP contribution in [0.5, 0.6) is 0 Å². The number of hydrazine groups is 1. The molecule has 3 nitrogen and oxygen atoms in total. The fourth-order valence-corrected chi connectivity index (χ4v) is 1.71. The predicted molar refractivity (Wildman–Crippen MR) is 76.2 cm³/mol. The van der Waals surface area contributed by atoms with Crippen LogP contribution < -0.4 is 10.9 Å². The van der Waals surface area contributed by atoms with Crippen molar-refractivity contribution in [3.05, 3.63) is 35.6 Å². The largest absolute Gasteiger partial charge is 0.381 e. The fourth-order valence-electron chi connectivity index (χ4n) is 1.71. The second-order valence-electron chi connectivity index (χ2n) is 5.14. The van der Waals surface area contributed by atoms with Crippen LogP contribution in [0.1, 0.15) is 38.8 Å². The molecule has 0 aliphatic heterocycles. The predicted octanol–water partition coefficient (Wildman–Crippen LogP) is 3.04. The zero-order valence-electron chi connectivity index (χ0n) is 12.1. The molecule has 108 valence electrons. The molecule has 0 saturated heterocycles. The highest BCUT2D eigenvalue weighted by molar-refractivity contribution is 5.20. The average Bonchev–Trinajstić information content (AvgIpc) is 2.37. The van der Waals surface area contributed by atoms with Gasteiger partial charge in [0, 0.05) is 31.4 Å². The molecule has 0 bridgehead atoms. The Morgan fingerprint density at radius 2 is 1.95 bits per heavy atom. The zero-order chi connectivity index (χ0) is 14.1. The van der Waals surface area contributed by atoms with Gasteiger partial charge in [-0.2, -0.15) is 0 Å². The van der Waals surface area contributed by atoms with E-state index in [1.54, 1.807) is 12.1 Å². The summed E-state index contributed by atoms with van der Waals surface area (Å²) in [6.45, 7) is 8.56. The molecule has 0 aliphatic rings. The van der Waals surface area contributed by atoms with Crippen molar-refractivity contribution in [2.75, 3.05) is 19.8 Å². The Balaban J connectivity index is 2.11. The van der Waals surface area contributed by atoms with Crippen molar-refractivity contribution < 1.29 is 9.13 Å². The number of hydrogen-bond acceptors (Lipinski definition) is 3. The van der Waals surface area contributed by atoms with Gasteiger partial charge in [0.15, 0.2) is 0 Å². The fraction of sp³-hybridized carbons (Fsp3) is 0.600. The number of halogens is 1. The monoisotopic (exact) mass is 268 g/mol. The Hall–Kier alpha value is -0.970. The van der Waals surface area contributed by atoms with E-state index in [0.29, 0.717) is 11.5 Å². The van der Waals surface area contributed by atoms with Gasteiger partial charge in [-0.15, -0.1) is 0 Å². The van der Waals surface area contributed by atoms with Crippen LogP contribution in [0.4, 0.5) is 4.39 Å². The lowest BCUT2D eigenvalue weighted by Crippen LogP contribution is -2.35. The van der Waals surface area contributed by atoms with Crippen molar-refractivity contribution in [2.45, 2.75) is 33.2 Å². The summed E-state index contributed by atoms with van der Waals surface area (Å²) in [5.74, 6) is 0.400. The lowest BCUT2D eigenvalue weighted by atomic mass is 10.1. The summed E-state index contributed by atoms with van der Waals surface area (Å²) in [6.07, 6.45) is 0.934. The SMILES string of the molecule is CC(C)COCCCNNC(C)c1ccccc1F. The van der Waals surface area contributed by atoms with Gasteiger partial charge in [0.2, 0.25) is 0 Å². The second kappa shape index (κ2) is 9.02. The van der Waals surface area contributed by atoms with Crippen LogP contribution in [0, 0.1) is 11.7 Å². The molecule has 0 aliphatic carbocycles. The number of rotatable bonds is 9. The minimum atomic E-state index is -0.176. The van der Waals surface area contributed by atoms with Crippen LogP contribution in [0.15, 0.2) is 24.3 Å². The zero-order valence-corrected chi connectivity index (χ0v) is 12.1. The number of hydrogen-bond donors (Lipinski definition) is 2. The standard InChI is InChI=1S/C15H25FN2O/c1-12(2)11-19-10-6-9-17-18-13(3)14-7-4-5-8-15(14)16/h4-5,7-8,12-13,17-18H,6,9-11H2,1-3H3. The third-order valence-corrected chi connectivity index (χ3v) is 2.73. The van der Waals surface area contributed by atoms with E-state index in [9.17, 15) is 4.39 Å². The molecule has 0 amide bonds. The summed E-state index contributed by atoms with van der Waals surface area (Å²) in [5.41, 5.74) is 6.87. The van der Waals surface area contributed by atoms with Gasteiger partial charge in [0.25, 0.3) is 0 Å².